The standard InChI is InChI=1S/C26H24ClF3N8O2S2.CO2/c1-2-7-36-14-17(12-32-36)42(39,40)35-16-11-21-22(20-5-8-38(34-20)26(29)30)23(18-4-3-15(28)10-19(18)27)33-24(37(21)13-16)25-31-6-9-41-25;2-1-3/h3-6,8-10,12,14,16,23,26,35H,2,7,11,13H2,1H3;/t16-,23-;/m0./s1. The van der Waals surface area contributed by atoms with E-state index in [1.54, 1.807) is 16.3 Å². The quantitative estimate of drug-likeness (QED) is 0.272. The van der Waals surface area contributed by atoms with Gasteiger partial charge in [-0.25, -0.2) is 27.2 Å². The van der Waals surface area contributed by atoms with E-state index >= 15 is 0 Å². The van der Waals surface area contributed by atoms with Crippen LogP contribution in [0, 0.1) is 5.82 Å². The smallest absolute Gasteiger partial charge is 0.326 e. The van der Waals surface area contributed by atoms with Crippen LogP contribution in [0.25, 0.3) is 5.57 Å². The van der Waals surface area contributed by atoms with Gasteiger partial charge in [0.1, 0.15) is 16.8 Å². The van der Waals surface area contributed by atoms with Crippen molar-refractivity contribution in [2.45, 2.75) is 49.8 Å². The maximum Gasteiger partial charge on any atom is 0.373 e. The largest absolute Gasteiger partial charge is 0.373 e. The first-order valence-electron chi connectivity index (χ1n) is 13.4. The Morgan fingerprint density at radius 1 is 1.24 bits per heavy atom. The van der Waals surface area contributed by atoms with Crippen LogP contribution in [0.15, 0.2) is 70.0 Å². The summed E-state index contributed by atoms with van der Waals surface area (Å²) in [6.07, 6.45) is 6.80. The molecule has 0 unspecified atom stereocenters. The van der Waals surface area contributed by atoms with Gasteiger partial charge in [0.25, 0.3) is 0 Å². The summed E-state index contributed by atoms with van der Waals surface area (Å²) in [5.74, 6) is -0.0843. The zero-order chi connectivity index (χ0) is 32.3. The van der Waals surface area contributed by atoms with E-state index in [2.05, 4.69) is 19.9 Å². The van der Waals surface area contributed by atoms with Crippen molar-refractivity contribution in [2.24, 2.45) is 4.99 Å². The van der Waals surface area contributed by atoms with Crippen LogP contribution in [-0.2, 0) is 26.2 Å². The summed E-state index contributed by atoms with van der Waals surface area (Å²) < 4.78 is 72.6. The first-order chi connectivity index (χ1) is 21.6. The van der Waals surface area contributed by atoms with Crippen molar-refractivity contribution >= 4 is 50.5 Å². The minimum absolute atomic E-state index is 0.0375. The average Bonchev–Trinajstić information content (AvgIpc) is 3.80. The molecule has 1 N–H and O–H groups in total. The SMILES string of the molecule is CCCn1cc(S(=O)(=O)N[C@H]2CC3=C(c4ccn(C(F)F)n4)[C@H](c4ccc(F)cc4Cl)N=C(c4nccs4)N3C2)cn1.O=C=O. The van der Waals surface area contributed by atoms with Crippen molar-refractivity contribution in [1.29, 1.82) is 0 Å². The van der Waals surface area contributed by atoms with Crippen LogP contribution in [0.3, 0.4) is 0 Å². The van der Waals surface area contributed by atoms with Gasteiger partial charge in [-0.05, 0) is 24.6 Å². The van der Waals surface area contributed by atoms with Crippen molar-refractivity contribution in [2.75, 3.05) is 6.54 Å². The van der Waals surface area contributed by atoms with Crippen molar-refractivity contribution < 1.29 is 31.2 Å². The number of hydrogen-bond donors (Lipinski definition) is 1. The highest BCUT2D eigenvalue weighted by Gasteiger charge is 2.42. The van der Waals surface area contributed by atoms with Gasteiger partial charge in [-0.2, -0.15) is 28.6 Å². The molecule has 4 aromatic rings. The molecule has 0 amide bonds. The van der Waals surface area contributed by atoms with Crippen LogP contribution < -0.4 is 4.72 Å². The topological polar surface area (TPSA) is 144 Å². The minimum atomic E-state index is -3.94. The van der Waals surface area contributed by atoms with Crippen LogP contribution in [0.5, 0.6) is 0 Å². The summed E-state index contributed by atoms with van der Waals surface area (Å²) >= 11 is 7.83. The lowest BCUT2D eigenvalue weighted by atomic mass is 9.92. The highest BCUT2D eigenvalue weighted by atomic mass is 35.5. The molecule has 0 bridgehead atoms. The number of rotatable bonds is 9. The van der Waals surface area contributed by atoms with Crippen LogP contribution in [-0.4, -0.2) is 62.4 Å². The molecule has 0 aliphatic carbocycles. The Hall–Kier alpha value is -4.15. The second-order valence-electron chi connectivity index (χ2n) is 9.83. The van der Waals surface area contributed by atoms with Crippen molar-refractivity contribution in [3.63, 3.8) is 0 Å². The molecular formula is C27H24ClF3N8O4S2. The second kappa shape index (κ2) is 13.5. The zero-order valence-electron chi connectivity index (χ0n) is 23.3. The van der Waals surface area contributed by atoms with Crippen LogP contribution in [0.4, 0.5) is 13.2 Å². The number of aromatic nitrogens is 5. The van der Waals surface area contributed by atoms with E-state index < -0.39 is 34.5 Å². The van der Waals surface area contributed by atoms with Crippen molar-refractivity contribution in [1.82, 2.24) is 34.2 Å². The molecule has 1 fully saturated rings. The van der Waals surface area contributed by atoms with Gasteiger partial charge in [0.2, 0.25) is 10.0 Å². The molecule has 0 saturated carbocycles. The number of hydrogen-bond acceptors (Lipinski definition) is 10. The molecule has 2 atom stereocenters. The predicted molar refractivity (Wildman–Crippen MR) is 156 cm³/mol. The number of aryl methyl sites for hydroxylation is 1. The molecule has 45 heavy (non-hydrogen) atoms. The van der Waals surface area contributed by atoms with E-state index in [0.717, 1.165) is 18.7 Å². The first-order valence-corrected chi connectivity index (χ1v) is 16.1. The zero-order valence-corrected chi connectivity index (χ0v) is 25.7. The van der Waals surface area contributed by atoms with Gasteiger partial charge >= 0.3 is 12.7 Å². The van der Waals surface area contributed by atoms with Gasteiger partial charge in [0.05, 0.1) is 11.9 Å². The van der Waals surface area contributed by atoms with E-state index in [1.807, 2.05) is 11.8 Å². The summed E-state index contributed by atoms with van der Waals surface area (Å²) in [6, 6.07) is 3.88. The van der Waals surface area contributed by atoms with Crippen LogP contribution >= 0.6 is 22.9 Å². The molecular weight excluding hydrogens is 657 g/mol. The second-order valence-corrected chi connectivity index (χ2v) is 12.8. The van der Waals surface area contributed by atoms with Gasteiger partial charge in [0, 0.05) is 71.4 Å². The molecule has 6 rings (SSSR count). The number of amidine groups is 1. The number of aliphatic imine (C=N–C) groups is 1. The molecule has 18 heteroatoms. The third-order valence-electron chi connectivity index (χ3n) is 6.92. The summed E-state index contributed by atoms with van der Waals surface area (Å²) in [4.78, 5) is 27.5. The van der Waals surface area contributed by atoms with Crippen LogP contribution in [0.2, 0.25) is 5.02 Å². The Kier molecular flexibility index (Phi) is 9.65. The fourth-order valence-corrected chi connectivity index (χ4v) is 7.25. The third-order valence-corrected chi connectivity index (χ3v) is 9.49. The van der Waals surface area contributed by atoms with E-state index in [0.29, 0.717) is 38.9 Å². The van der Waals surface area contributed by atoms with Gasteiger partial charge in [-0.3, -0.25) is 9.67 Å². The molecule has 5 heterocycles. The lowest BCUT2D eigenvalue weighted by Gasteiger charge is -2.32. The van der Waals surface area contributed by atoms with Gasteiger partial charge in [-0.15, -0.1) is 11.3 Å². The lowest BCUT2D eigenvalue weighted by Crippen LogP contribution is -2.39. The van der Waals surface area contributed by atoms with E-state index in [1.165, 1.54) is 41.9 Å². The molecule has 12 nitrogen and oxygen atoms in total. The number of alkyl halides is 2. The van der Waals surface area contributed by atoms with Crippen LogP contribution in [0.1, 0.15) is 48.6 Å². The Morgan fingerprint density at radius 3 is 2.67 bits per heavy atom. The molecule has 0 radical (unpaired) electrons. The Bertz CT molecular complexity index is 1890. The number of nitrogens with zero attached hydrogens (tertiary/aromatic N) is 7. The number of benzene rings is 1. The average molecular weight is 681 g/mol. The molecule has 1 aromatic carbocycles. The molecule has 2 aliphatic rings. The maximum absolute atomic E-state index is 14.0. The summed E-state index contributed by atoms with van der Waals surface area (Å²) in [5.41, 5.74) is 1.73. The summed E-state index contributed by atoms with van der Waals surface area (Å²) in [7, 11) is -3.94. The minimum Gasteiger partial charge on any atom is -0.326 e. The fourth-order valence-electron chi connectivity index (χ4n) is 5.16. The van der Waals surface area contributed by atoms with Crippen molar-refractivity contribution in [3.8, 4) is 0 Å². The van der Waals surface area contributed by atoms with Gasteiger partial charge in [0.15, 0.2) is 10.8 Å². The summed E-state index contributed by atoms with van der Waals surface area (Å²) in [5, 5.41) is 10.7. The predicted octanol–water partition coefficient (Wildman–Crippen LogP) is 4.52. The number of fused-ring (bicyclic) bond motifs is 1. The van der Waals surface area contributed by atoms with E-state index in [-0.39, 0.29) is 34.7 Å². The molecule has 0 spiro atoms. The maximum atomic E-state index is 14.0. The highest BCUT2D eigenvalue weighted by molar-refractivity contribution is 7.89. The number of nitrogens with one attached hydrogen (secondary N) is 1. The third kappa shape index (κ3) is 6.77. The molecule has 3 aromatic heterocycles. The first kappa shape index (κ1) is 32.2. The summed E-state index contributed by atoms with van der Waals surface area (Å²) in [6.45, 7) is -0.135. The molecule has 1 saturated heterocycles. The fraction of sp³-hybridized carbons (Fsp3) is 0.296. The highest BCUT2D eigenvalue weighted by Crippen LogP contribution is 2.46. The number of carbonyl (C=O) groups excluding carboxylic acids is 2. The van der Waals surface area contributed by atoms with E-state index in [9.17, 15) is 21.6 Å². The van der Waals surface area contributed by atoms with Crippen molar-refractivity contribution in [3.05, 3.63) is 87.2 Å². The number of halogens is 4. The monoisotopic (exact) mass is 680 g/mol. The molecule has 236 valence electrons. The Labute approximate surface area is 263 Å². The lowest BCUT2D eigenvalue weighted by molar-refractivity contribution is -0.191. The number of thiazole rings is 1. The van der Waals surface area contributed by atoms with Gasteiger partial charge < -0.3 is 4.90 Å². The normalized spacial score (nSPS) is 18.0. The van der Waals surface area contributed by atoms with E-state index in [4.69, 9.17) is 26.2 Å². The molecule has 2 aliphatic heterocycles. The van der Waals surface area contributed by atoms with Gasteiger partial charge in [-0.1, -0.05) is 24.6 Å². The Balaban J connectivity index is 0.00000128. The Morgan fingerprint density at radius 2 is 2.02 bits per heavy atom. The number of sulfonamides is 1.